The van der Waals surface area contributed by atoms with Crippen LogP contribution in [-0.2, 0) is 0 Å². The number of aromatic amines is 1. The molecule has 0 unspecified atom stereocenters. The van der Waals surface area contributed by atoms with Crippen LogP contribution in [0.15, 0.2) is 12.4 Å². The summed E-state index contributed by atoms with van der Waals surface area (Å²) in [5.41, 5.74) is 6.24. The van der Waals surface area contributed by atoms with Crippen LogP contribution >= 0.6 is 0 Å². The number of nitrogens with one attached hydrogen (secondary N) is 1. The molecule has 0 spiro atoms. The Labute approximate surface area is 101 Å². The van der Waals surface area contributed by atoms with Crippen molar-refractivity contribution in [3.05, 3.63) is 18.0 Å². The summed E-state index contributed by atoms with van der Waals surface area (Å²) in [4.78, 5) is 14.2. The number of H-pyrrole nitrogens is 1. The highest BCUT2D eigenvalue weighted by Gasteiger charge is 2.25. The molecule has 5 heteroatoms. The molecule has 0 bridgehead atoms. The van der Waals surface area contributed by atoms with Gasteiger partial charge in [-0.2, -0.15) is 5.10 Å². The van der Waals surface area contributed by atoms with E-state index in [2.05, 4.69) is 10.2 Å². The average molecular weight is 236 g/mol. The van der Waals surface area contributed by atoms with E-state index < -0.39 is 0 Å². The van der Waals surface area contributed by atoms with Gasteiger partial charge in [-0.05, 0) is 12.8 Å². The van der Waals surface area contributed by atoms with E-state index in [0.717, 1.165) is 12.8 Å². The summed E-state index contributed by atoms with van der Waals surface area (Å²) in [7, 11) is 0. The van der Waals surface area contributed by atoms with Crippen molar-refractivity contribution in [1.82, 2.24) is 15.1 Å². The molecule has 1 saturated carbocycles. The fourth-order valence-electron chi connectivity index (χ4n) is 2.52. The Morgan fingerprint density at radius 3 is 2.82 bits per heavy atom. The van der Waals surface area contributed by atoms with Crippen LogP contribution in [0.1, 0.15) is 42.5 Å². The van der Waals surface area contributed by atoms with Gasteiger partial charge in [0.05, 0.1) is 11.8 Å². The highest BCUT2D eigenvalue weighted by molar-refractivity contribution is 5.93. The molecule has 1 amide bonds. The molecule has 1 aromatic heterocycles. The number of nitrogens with zero attached hydrogens (tertiary/aromatic N) is 2. The third kappa shape index (κ3) is 2.85. The van der Waals surface area contributed by atoms with Gasteiger partial charge in [-0.25, -0.2) is 0 Å². The van der Waals surface area contributed by atoms with Crippen LogP contribution in [0.25, 0.3) is 0 Å². The van der Waals surface area contributed by atoms with Crippen molar-refractivity contribution in [3.63, 3.8) is 0 Å². The average Bonchev–Trinajstić information content (AvgIpc) is 2.90. The van der Waals surface area contributed by atoms with Crippen molar-refractivity contribution in [2.45, 2.75) is 38.1 Å². The molecule has 0 atom stereocenters. The predicted octanol–water partition coefficient (Wildman–Crippen LogP) is 1.14. The first-order valence-corrected chi connectivity index (χ1v) is 6.32. The second-order valence-electron chi connectivity index (χ2n) is 4.57. The van der Waals surface area contributed by atoms with Crippen LogP contribution in [0.4, 0.5) is 0 Å². The van der Waals surface area contributed by atoms with Gasteiger partial charge in [-0.3, -0.25) is 9.89 Å². The standard InChI is InChI=1S/C12H20N4O/c13-6-7-16(11-4-2-1-3-5-11)12(17)10-8-14-15-9-10/h8-9,11H,1-7,13H2,(H,14,15). The third-order valence-electron chi connectivity index (χ3n) is 3.39. The summed E-state index contributed by atoms with van der Waals surface area (Å²) >= 11 is 0. The summed E-state index contributed by atoms with van der Waals surface area (Å²) in [5.74, 6) is 0.0519. The van der Waals surface area contributed by atoms with E-state index in [4.69, 9.17) is 5.73 Å². The summed E-state index contributed by atoms with van der Waals surface area (Å²) < 4.78 is 0. The molecule has 0 saturated heterocycles. The van der Waals surface area contributed by atoms with Gasteiger partial charge in [0, 0.05) is 25.3 Å². The van der Waals surface area contributed by atoms with E-state index in [-0.39, 0.29) is 5.91 Å². The largest absolute Gasteiger partial charge is 0.334 e. The van der Waals surface area contributed by atoms with Crippen molar-refractivity contribution >= 4 is 5.91 Å². The van der Waals surface area contributed by atoms with Crippen LogP contribution in [-0.4, -0.2) is 40.1 Å². The van der Waals surface area contributed by atoms with Gasteiger partial charge in [0.15, 0.2) is 0 Å². The second kappa shape index (κ2) is 5.82. The van der Waals surface area contributed by atoms with Crippen molar-refractivity contribution < 1.29 is 4.79 Å². The molecule has 1 fully saturated rings. The van der Waals surface area contributed by atoms with Gasteiger partial charge < -0.3 is 10.6 Å². The van der Waals surface area contributed by atoms with Gasteiger partial charge >= 0.3 is 0 Å². The van der Waals surface area contributed by atoms with Crippen molar-refractivity contribution in [2.24, 2.45) is 5.73 Å². The summed E-state index contributed by atoms with van der Waals surface area (Å²) in [6.07, 6.45) is 9.14. The maximum atomic E-state index is 12.3. The fourth-order valence-corrected chi connectivity index (χ4v) is 2.52. The van der Waals surface area contributed by atoms with Crippen LogP contribution in [0, 0.1) is 0 Å². The number of nitrogens with two attached hydrogens (primary N) is 1. The summed E-state index contributed by atoms with van der Waals surface area (Å²) in [6, 6.07) is 0.356. The van der Waals surface area contributed by atoms with Crippen LogP contribution in [0.3, 0.4) is 0 Å². The Hall–Kier alpha value is -1.36. The van der Waals surface area contributed by atoms with Gasteiger partial charge in [-0.1, -0.05) is 19.3 Å². The molecular weight excluding hydrogens is 216 g/mol. The highest BCUT2D eigenvalue weighted by atomic mass is 16.2. The smallest absolute Gasteiger partial charge is 0.257 e. The maximum Gasteiger partial charge on any atom is 0.257 e. The number of hydrogen-bond donors (Lipinski definition) is 2. The zero-order valence-electron chi connectivity index (χ0n) is 10.1. The molecule has 1 aliphatic rings. The minimum absolute atomic E-state index is 0.0519. The van der Waals surface area contributed by atoms with Crippen LogP contribution < -0.4 is 5.73 Å². The molecule has 94 valence electrons. The molecular formula is C12H20N4O. The Morgan fingerprint density at radius 2 is 2.24 bits per heavy atom. The van der Waals surface area contributed by atoms with E-state index in [1.807, 2.05) is 4.90 Å². The molecule has 0 radical (unpaired) electrons. The molecule has 1 aliphatic carbocycles. The monoisotopic (exact) mass is 236 g/mol. The molecule has 3 N–H and O–H groups in total. The first kappa shape index (κ1) is 12.1. The summed E-state index contributed by atoms with van der Waals surface area (Å²) in [5, 5.41) is 6.51. The third-order valence-corrected chi connectivity index (χ3v) is 3.39. The van der Waals surface area contributed by atoms with E-state index in [0.29, 0.717) is 24.7 Å². The number of hydrogen-bond acceptors (Lipinski definition) is 3. The molecule has 2 rings (SSSR count). The lowest BCUT2D eigenvalue weighted by molar-refractivity contribution is 0.0642. The highest BCUT2D eigenvalue weighted by Crippen LogP contribution is 2.23. The lowest BCUT2D eigenvalue weighted by Gasteiger charge is -2.34. The minimum Gasteiger partial charge on any atom is -0.334 e. The molecule has 5 nitrogen and oxygen atoms in total. The lowest BCUT2D eigenvalue weighted by Crippen LogP contribution is -2.44. The van der Waals surface area contributed by atoms with Gasteiger partial charge in [0.1, 0.15) is 0 Å². The Balaban J connectivity index is 2.07. The Kier molecular flexibility index (Phi) is 4.14. The number of aromatic nitrogens is 2. The molecule has 1 aromatic rings. The van der Waals surface area contributed by atoms with Gasteiger partial charge in [0.2, 0.25) is 0 Å². The Morgan fingerprint density at radius 1 is 1.47 bits per heavy atom. The molecule has 17 heavy (non-hydrogen) atoms. The lowest BCUT2D eigenvalue weighted by atomic mass is 9.94. The second-order valence-corrected chi connectivity index (χ2v) is 4.57. The SMILES string of the molecule is NCCN(C(=O)c1cn[nH]c1)C1CCCCC1. The van der Waals surface area contributed by atoms with Crippen LogP contribution in [0.2, 0.25) is 0 Å². The van der Waals surface area contributed by atoms with Crippen molar-refractivity contribution in [1.29, 1.82) is 0 Å². The van der Waals surface area contributed by atoms with E-state index in [1.54, 1.807) is 12.4 Å². The molecule has 0 aromatic carbocycles. The zero-order chi connectivity index (χ0) is 12.1. The zero-order valence-corrected chi connectivity index (χ0v) is 10.1. The van der Waals surface area contributed by atoms with Crippen LogP contribution in [0.5, 0.6) is 0 Å². The number of carbonyl (C=O) groups is 1. The number of rotatable bonds is 4. The fraction of sp³-hybridized carbons (Fsp3) is 0.667. The quantitative estimate of drug-likeness (QED) is 0.823. The minimum atomic E-state index is 0.0519. The number of amides is 1. The number of carbonyl (C=O) groups excluding carboxylic acids is 1. The molecule has 0 aliphatic heterocycles. The molecule has 1 heterocycles. The van der Waals surface area contributed by atoms with Gasteiger partial charge in [-0.15, -0.1) is 0 Å². The van der Waals surface area contributed by atoms with Crippen molar-refractivity contribution in [2.75, 3.05) is 13.1 Å². The predicted molar refractivity (Wildman–Crippen MR) is 65.6 cm³/mol. The van der Waals surface area contributed by atoms with E-state index >= 15 is 0 Å². The van der Waals surface area contributed by atoms with E-state index in [9.17, 15) is 4.79 Å². The summed E-state index contributed by atoms with van der Waals surface area (Å²) in [6.45, 7) is 1.15. The normalized spacial score (nSPS) is 17.0. The van der Waals surface area contributed by atoms with Gasteiger partial charge in [0.25, 0.3) is 5.91 Å². The first-order chi connectivity index (χ1) is 8.33. The van der Waals surface area contributed by atoms with E-state index in [1.165, 1.54) is 19.3 Å². The topological polar surface area (TPSA) is 75.0 Å². The van der Waals surface area contributed by atoms with Crippen molar-refractivity contribution in [3.8, 4) is 0 Å². The maximum absolute atomic E-state index is 12.3. The first-order valence-electron chi connectivity index (χ1n) is 6.32. The Bertz CT molecular complexity index is 343.